The third kappa shape index (κ3) is 7.18. The van der Waals surface area contributed by atoms with E-state index < -0.39 is 20.0 Å². The number of unbranched alkanes of at least 4 members (excludes halogenated alkanes) is 1. The lowest BCUT2D eigenvalue weighted by Gasteiger charge is -2.24. The number of nitrogens with zero attached hydrogens (tertiary/aromatic N) is 1. The minimum absolute atomic E-state index is 0.0416. The summed E-state index contributed by atoms with van der Waals surface area (Å²) in [5, 5.41) is 3.35. The van der Waals surface area contributed by atoms with Gasteiger partial charge in [-0.2, -0.15) is 0 Å². The van der Waals surface area contributed by atoms with E-state index in [9.17, 15) is 16.8 Å². The fourth-order valence-electron chi connectivity index (χ4n) is 4.06. The summed E-state index contributed by atoms with van der Waals surface area (Å²) >= 11 is 0. The molecule has 0 amide bonds. The van der Waals surface area contributed by atoms with E-state index in [2.05, 4.69) is 26.6 Å². The van der Waals surface area contributed by atoms with Gasteiger partial charge >= 0.3 is 0 Å². The molecule has 0 unspecified atom stereocenters. The zero-order chi connectivity index (χ0) is 27.0. The second-order valence-corrected chi connectivity index (χ2v) is 12.4. The third-order valence-electron chi connectivity index (χ3n) is 6.15. The molecule has 0 aromatic heterocycles. The molecule has 1 heterocycles. The monoisotopic (exact) mass is 558 g/mol. The first-order valence-electron chi connectivity index (χ1n) is 12.7. The SMILES string of the molecule is CCCCOc1ccc(S(=O)(=O)Nc2ccc(N3CCCNCC3)cc2NS(=O)(=O)c2ccccc2)cc1. The van der Waals surface area contributed by atoms with Gasteiger partial charge in [-0.05, 0) is 74.0 Å². The Kier molecular flexibility index (Phi) is 9.13. The van der Waals surface area contributed by atoms with Crippen molar-refractivity contribution in [3.8, 4) is 5.75 Å². The Morgan fingerprint density at radius 1 is 0.816 bits per heavy atom. The number of ether oxygens (including phenoxy) is 1. The molecule has 3 aromatic rings. The fraction of sp³-hybridized carbons (Fsp3) is 0.333. The Bertz CT molecular complexity index is 1410. The van der Waals surface area contributed by atoms with Crippen molar-refractivity contribution in [2.45, 2.75) is 36.0 Å². The summed E-state index contributed by atoms with van der Waals surface area (Å²) in [5.74, 6) is 0.588. The molecule has 1 aliphatic rings. The quantitative estimate of drug-likeness (QED) is 0.301. The minimum atomic E-state index is -4.01. The maximum absolute atomic E-state index is 13.2. The van der Waals surface area contributed by atoms with Crippen LogP contribution in [0.3, 0.4) is 0 Å². The van der Waals surface area contributed by atoms with Crippen molar-refractivity contribution >= 4 is 37.1 Å². The number of hydrogen-bond acceptors (Lipinski definition) is 7. The molecule has 0 aliphatic carbocycles. The minimum Gasteiger partial charge on any atom is -0.494 e. The number of anilines is 3. The Hall–Kier alpha value is -3.28. The predicted octanol–water partition coefficient (Wildman–Crippen LogP) is 4.27. The predicted molar refractivity (Wildman–Crippen MR) is 151 cm³/mol. The van der Waals surface area contributed by atoms with Gasteiger partial charge in [0, 0.05) is 25.3 Å². The molecule has 11 heteroatoms. The van der Waals surface area contributed by atoms with Gasteiger partial charge < -0.3 is 15.0 Å². The van der Waals surface area contributed by atoms with E-state index in [1.165, 1.54) is 24.3 Å². The highest BCUT2D eigenvalue weighted by Gasteiger charge is 2.22. The van der Waals surface area contributed by atoms with Gasteiger partial charge in [0.05, 0.1) is 27.8 Å². The molecule has 4 rings (SSSR count). The maximum Gasteiger partial charge on any atom is 0.261 e. The van der Waals surface area contributed by atoms with Crippen LogP contribution in [0.25, 0.3) is 0 Å². The average molecular weight is 559 g/mol. The molecule has 38 heavy (non-hydrogen) atoms. The molecule has 0 bridgehead atoms. The number of hydrogen-bond donors (Lipinski definition) is 3. The molecule has 0 saturated carbocycles. The Morgan fingerprint density at radius 3 is 2.21 bits per heavy atom. The summed E-state index contributed by atoms with van der Waals surface area (Å²) < 4.78 is 63.6. The number of benzene rings is 3. The number of rotatable bonds is 11. The highest BCUT2D eigenvalue weighted by molar-refractivity contribution is 7.93. The van der Waals surface area contributed by atoms with Gasteiger partial charge in [-0.25, -0.2) is 16.8 Å². The van der Waals surface area contributed by atoms with Crippen molar-refractivity contribution in [2.75, 3.05) is 47.1 Å². The summed E-state index contributed by atoms with van der Waals surface area (Å²) in [6.07, 6.45) is 2.85. The molecule has 0 radical (unpaired) electrons. The molecule has 3 N–H and O–H groups in total. The van der Waals surface area contributed by atoms with Crippen molar-refractivity contribution in [3.63, 3.8) is 0 Å². The first-order chi connectivity index (χ1) is 18.3. The van der Waals surface area contributed by atoms with Gasteiger partial charge in [-0.15, -0.1) is 0 Å². The molecule has 0 spiro atoms. The summed E-state index contributed by atoms with van der Waals surface area (Å²) in [5.41, 5.74) is 1.08. The largest absolute Gasteiger partial charge is 0.494 e. The van der Waals surface area contributed by atoms with Crippen LogP contribution in [-0.4, -0.2) is 49.6 Å². The summed E-state index contributed by atoms with van der Waals surface area (Å²) in [6.45, 7) is 5.89. The summed E-state index contributed by atoms with van der Waals surface area (Å²) in [7, 11) is -7.97. The van der Waals surface area contributed by atoms with Crippen molar-refractivity contribution in [2.24, 2.45) is 0 Å². The molecule has 1 saturated heterocycles. The molecule has 1 aliphatic heterocycles. The maximum atomic E-state index is 13.2. The first-order valence-corrected chi connectivity index (χ1v) is 15.7. The number of sulfonamides is 2. The Balaban J connectivity index is 1.63. The summed E-state index contributed by atoms with van der Waals surface area (Å²) in [6, 6.07) is 19.2. The van der Waals surface area contributed by atoms with E-state index in [0.29, 0.717) is 12.4 Å². The zero-order valence-electron chi connectivity index (χ0n) is 21.4. The Morgan fingerprint density at radius 2 is 1.50 bits per heavy atom. The normalized spacial score (nSPS) is 14.5. The van der Waals surface area contributed by atoms with Crippen LogP contribution in [0, 0.1) is 0 Å². The van der Waals surface area contributed by atoms with E-state index in [4.69, 9.17) is 4.74 Å². The van der Waals surface area contributed by atoms with E-state index in [1.807, 2.05) is 0 Å². The van der Waals surface area contributed by atoms with Crippen LogP contribution in [0.15, 0.2) is 82.6 Å². The Labute approximate surface area is 225 Å². The van der Waals surface area contributed by atoms with Crippen LogP contribution in [0.4, 0.5) is 17.1 Å². The van der Waals surface area contributed by atoms with Gasteiger partial charge in [-0.3, -0.25) is 9.44 Å². The van der Waals surface area contributed by atoms with Crippen molar-refractivity contribution in [1.29, 1.82) is 0 Å². The molecule has 1 fully saturated rings. The van der Waals surface area contributed by atoms with Crippen molar-refractivity contribution in [1.82, 2.24) is 5.32 Å². The lowest BCUT2D eigenvalue weighted by atomic mass is 10.2. The average Bonchev–Trinajstić information content (AvgIpc) is 3.20. The van der Waals surface area contributed by atoms with E-state index in [1.54, 1.807) is 48.5 Å². The zero-order valence-corrected chi connectivity index (χ0v) is 23.0. The fourth-order valence-corrected chi connectivity index (χ4v) is 6.23. The molecular formula is C27H34N4O5S2. The van der Waals surface area contributed by atoms with Crippen LogP contribution in [-0.2, 0) is 20.0 Å². The van der Waals surface area contributed by atoms with E-state index >= 15 is 0 Å². The van der Waals surface area contributed by atoms with Crippen LogP contribution in [0.2, 0.25) is 0 Å². The lowest BCUT2D eigenvalue weighted by Crippen LogP contribution is -2.28. The third-order valence-corrected chi connectivity index (χ3v) is 8.91. The number of nitrogens with one attached hydrogen (secondary N) is 3. The van der Waals surface area contributed by atoms with Crippen LogP contribution in [0.5, 0.6) is 5.75 Å². The topological polar surface area (TPSA) is 117 Å². The highest BCUT2D eigenvalue weighted by atomic mass is 32.2. The second kappa shape index (κ2) is 12.5. The van der Waals surface area contributed by atoms with Gasteiger partial charge in [0.2, 0.25) is 0 Å². The van der Waals surface area contributed by atoms with Gasteiger partial charge in [0.1, 0.15) is 5.75 Å². The first kappa shape index (κ1) is 27.7. The van der Waals surface area contributed by atoms with Crippen molar-refractivity contribution < 1.29 is 21.6 Å². The highest BCUT2D eigenvalue weighted by Crippen LogP contribution is 2.32. The summed E-state index contributed by atoms with van der Waals surface area (Å²) in [4.78, 5) is 2.27. The molecule has 3 aromatic carbocycles. The molecule has 0 atom stereocenters. The molecular weight excluding hydrogens is 524 g/mol. The van der Waals surface area contributed by atoms with E-state index in [0.717, 1.165) is 51.1 Å². The lowest BCUT2D eigenvalue weighted by molar-refractivity contribution is 0.309. The van der Waals surface area contributed by atoms with Gasteiger partial charge in [0.25, 0.3) is 20.0 Å². The molecule has 204 valence electrons. The van der Waals surface area contributed by atoms with Gasteiger partial charge in [0.15, 0.2) is 0 Å². The van der Waals surface area contributed by atoms with Crippen molar-refractivity contribution in [3.05, 3.63) is 72.8 Å². The van der Waals surface area contributed by atoms with Crippen LogP contribution >= 0.6 is 0 Å². The standard InChI is InChI=1S/C27H34N4O5S2/c1-2-3-20-36-23-11-13-25(14-12-23)38(34,35)29-26-15-10-22(31-18-7-16-28-17-19-31)21-27(26)30-37(32,33)24-8-5-4-6-9-24/h4-6,8-15,21,28-30H,2-3,7,16-20H2,1H3. The smallest absolute Gasteiger partial charge is 0.261 e. The second-order valence-electron chi connectivity index (χ2n) is 9.02. The van der Waals surface area contributed by atoms with E-state index in [-0.39, 0.29) is 21.2 Å². The van der Waals surface area contributed by atoms with Gasteiger partial charge in [-0.1, -0.05) is 31.5 Å². The van der Waals surface area contributed by atoms with Crippen LogP contribution < -0.4 is 24.4 Å². The van der Waals surface area contributed by atoms with Crippen LogP contribution in [0.1, 0.15) is 26.2 Å². The molecule has 9 nitrogen and oxygen atoms in total.